The molecule has 1 aliphatic heterocycles. The van der Waals surface area contributed by atoms with Gasteiger partial charge in [-0.3, -0.25) is 14.9 Å². The normalized spacial score (nSPS) is 18.7. The molecule has 6 nitrogen and oxygen atoms in total. The Morgan fingerprint density at radius 1 is 1.55 bits per heavy atom. The number of carbonyl (C=O) groups excluding carboxylic acids is 1. The predicted octanol–water partition coefficient (Wildman–Crippen LogP) is 2.59. The first-order chi connectivity index (χ1) is 9.52. The van der Waals surface area contributed by atoms with E-state index in [0.717, 1.165) is 23.0 Å². The number of halogens is 1. The lowest BCUT2D eigenvalue weighted by molar-refractivity contribution is -0.384. The summed E-state index contributed by atoms with van der Waals surface area (Å²) in [5.41, 5.74) is 0.659. The highest BCUT2D eigenvalue weighted by Crippen LogP contribution is 2.33. The molecule has 1 saturated heterocycles. The number of rotatable bonds is 3. The van der Waals surface area contributed by atoms with E-state index in [1.54, 1.807) is 12.1 Å². The van der Waals surface area contributed by atoms with Crippen molar-refractivity contribution >= 4 is 39.9 Å². The predicted molar refractivity (Wildman–Crippen MR) is 82.8 cm³/mol. The summed E-state index contributed by atoms with van der Waals surface area (Å²) >= 11 is 2.05. The number of esters is 1. The minimum Gasteiger partial charge on any atom is -0.469 e. The Balaban J connectivity index is 2.27. The molecule has 0 aromatic heterocycles. The minimum absolute atomic E-state index is 0.0856. The van der Waals surface area contributed by atoms with Crippen molar-refractivity contribution in [2.24, 2.45) is 5.92 Å². The van der Waals surface area contributed by atoms with Crippen LogP contribution < -0.4 is 4.90 Å². The summed E-state index contributed by atoms with van der Waals surface area (Å²) in [5, 5.41) is 11.2. The lowest BCUT2D eigenvalue weighted by atomic mass is 9.97. The van der Waals surface area contributed by atoms with Crippen molar-refractivity contribution in [2.75, 3.05) is 25.1 Å². The molecule has 0 N–H and O–H groups in total. The third-order valence-electron chi connectivity index (χ3n) is 3.43. The summed E-state index contributed by atoms with van der Waals surface area (Å²) in [6.07, 6.45) is 1.59. The summed E-state index contributed by atoms with van der Waals surface area (Å²) in [5.74, 6) is -0.463. The molecule has 1 aliphatic rings. The molecule has 108 valence electrons. The second-order valence-electron chi connectivity index (χ2n) is 4.70. The molecular weight excluding hydrogens is 375 g/mol. The zero-order chi connectivity index (χ0) is 14.7. The van der Waals surface area contributed by atoms with Gasteiger partial charge in [0.2, 0.25) is 0 Å². The van der Waals surface area contributed by atoms with Crippen LogP contribution in [0.15, 0.2) is 18.2 Å². The summed E-state index contributed by atoms with van der Waals surface area (Å²) in [6.45, 7) is 1.18. The largest absolute Gasteiger partial charge is 0.469 e. The van der Waals surface area contributed by atoms with E-state index >= 15 is 0 Å². The number of piperidine rings is 1. The lowest BCUT2D eigenvalue weighted by Gasteiger charge is -2.32. The number of nitrogens with zero attached hydrogens (tertiary/aromatic N) is 2. The SMILES string of the molecule is COC(=O)[C@H]1CCCN(c2ccc(I)cc2[N+](=O)[O-])C1. The van der Waals surface area contributed by atoms with E-state index < -0.39 is 0 Å². The van der Waals surface area contributed by atoms with E-state index in [9.17, 15) is 14.9 Å². The summed E-state index contributed by atoms with van der Waals surface area (Å²) in [7, 11) is 1.37. The lowest BCUT2D eigenvalue weighted by Crippen LogP contribution is -2.39. The fraction of sp³-hybridized carbons (Fsp3) is 0.462. The molecule has 0 spiro atoms. The van der Waals surface area contributed by atoms with Crippen LogP contribution >= 0.6 is 22.6 Å². The standard InChI is InChI=1S/C13H15IN2O4/c1-20-13(17)9-3-2-6-15(8-9)11-5-4-10(14)7-12(11)16(18)19/h4-5,7,9H,2-3,6,8H2,1H3/t9-/m0/s1. The molecule has 1 aromatic carbocycles. The van der Waals surface area contributed by atoms with Gasteiger partial charge in [0.05, 0.1) is 18.0 Å². The van der Waals surface area contributed by atoms with Crippen LogP contribution in [0.4, 0.5) is 11.4 Å². The Morgan fingerprint density at radius 3 is 2.95 bits per heavy atom. The number of benzene rings is 1. The Hall–Kier alpha value is -1.38. The molecule has 0 radical (unpaired) electrons. The van der Waals surface area contributed by atoms with Gasteiger partial charge in [-0.2, -0.15) is 0 Å². The number of nitro groups is 1. The number of anilines is 1. The van der Waals surface area contributed by atoms with Crippen molar-refractivity contribution < 1.29 is 14.5 Å². The Morgan fingerprint density at radius 2 is 2.30 bits per heavy atom. The molecule has 7 heteroatoms. The van der Waals surface area contributed by atoms with Crippen LogP contribution in [0, 0.1) is 19.6 Å². The van der Waals surface area contributed by atoms with Gasteiger partial charge >= 0.3 is 5.97 Å². The van der Waals surface area contributed by atoms with Crippen molar-refractivity contribution in [3.05, 3.63) is 31.9 Å². The van der Waals surface area contributed by atoms with Gasteiger partial charge in [-0.25, -0.2) is 0 Å². The maximum absolute atomic E-state index is 11.6. The van der Waals surface area contributed by atoms with E-state index in [-0.39, 0.29) is 22.5 Å². The van der Waals surface area contributed by atoms with Crippen LogP contribution in [-0.4, -0.2) is 31.1 Å². The molecule has 1 aromatic rings. The van der Waals surface area contributed by atoms with Crippen molar-refractivity contribution in [2.45, 2.75) is 12.8 Å². The van der Waals surface area contributed by atoms with E-state index in [0.29, 0.717) is 12.2 Å². The summed E-state index contributed by atoms with van der Waals surface area (Å²) in [4.78, 5) is 24.3. The number of hydrogen-bond acceptors (Lipinski definition) is 5. The second kappa shape index (κ2) is 6.38. The second-order valence-corrected chi connectivity index (χ2v) is 5.94. The molecule has 0 unspecified atom stereocenters. The number of ether oxygens (including phenoxy) is 1. The Bertz CT molecular complexity index is 535. The van der Waals surface area contributed by atoms with Crippen molar-refractivity contribution in [1.82, 2.24) is 0 Å². The highest BCUT2D eigenvalue weighted by Gasteiger charge is 2.29. The van der Waals surface area contributed by atoms with Gasteiger partial charge in [0, 0.05) is 22.7 Å². The minimum atomic E-state index is -0.376. The molecule has 1 fully saturated rings. The Labute approximate surface area is 130 Å². The average molecular weight is 390 g/mol. The third-order valence-corrected chi connectivity index (χ3v) is 4.10. The molecule has 0 bridgehead atoms. The smallest absolute Gasteiger partial charge is 0.310 e. The van der Waals surface area contributed by atoms with Crippen molar-refractivity contribution in [1.29, 1.82) is 0 Å². The maximum atomic E-state index is 11.6. The average Bonchev–Trinajstić information content (AvgIpc) is 2.46. The number of methoxy groups -OCH3 is 1. The van der Waals surface area contributed by atoms with Crippen LogP contribution in [0.3, 0.4) is 0 Å². The monoisotopic (exact) mass is 390 g/mol. The number of carbonyl (C=O) groups is 1. The quantitative estimate of drug-likeness (QED) is 0.343. The van der Waals surface area contributed by atoms with Crippen LogP contribution in [0.5, 0.6) is 0 Å². The first-order valence-corrected chi connectivity index (χ1v) is 7.37. The number of nitro benzene ring substituents is 1. The first-order valence-electron chi connectivity index (χ1n) is 6.29. The maximum Gasteiger partial charge on any atom is 0.310 e. The van der Waals surface area contributed by atoms with Gasteiger partial charge in [0.25, 0.3) is 5.69 Å². The fourth-order valence-electron chi connectivity index (χ4n) is 2.47. The van der Waals surface area contributed by atoms with E-state index in [2.05, 4.69) is 0 Å². The van der Waals surface area contributed by atoms with Crippen LogP contribution in [0.25, 0.3) is 0 Å². The van der Waals surface area contributed by atoms with Crippen molar-refractivity contribution in [3.8, 4) is 0 Å². The summed E-state index contributed by atoms with van der Waals surface area (Å²) < 4.78 is 5.59. The van der Waals surface area contributed by atoms with Gasteiger partial charge < -0.3 is 9.64 Å². The van der Waals surface area contributed by atoms with E-state index in [4.69, 9.17) is 4.74 Å². The zero-order valence-corrected chi connectivity index (χ0v) is 13.2. The van der Waals surface area contributed by atoms with Gasteiger partial charge in [0.15, 0.2) is 0 Å². The first kappa shape index (κ1) is 15.0. The highest BCUT2D eigenvalue weighted by atomic mass is 127. The molecule has 1 atom stereocenters. The zero-order valence-electron chi connectivity index (χ0n) is 11.0. The van der Waals surface area contributed by atoms with Crippen molar-refractivity contribution in [3.63, 3.8) is 0 Å². The van der Waals surface area contributed by atoms with Gasteiger partial charge in [-0.1, -0.05) is 0 Å². The van der Waals surface area contributed by atoms with E-state index in [1.807, 2.05) is 33.6 Å². The van der Waals surface area contributed by atoms with Gasteiger partial charge in [0.1, 0.15) is 5.69 Å². The molecule has 20 heavy (non-hydrogen) atoms. The fourth-order valence-corrected chi connectivity index (χ4v) is 2.94. The molecule has 0 saturated carbocycles. The summed E-state index contributed by atoms with van der Waals surface area (Å²) in [6, 6.07) is 5.14. The molecule has 0 aliphatic carbocycles. The van der Waals surface area contributed by atoms with Crippen LogP contribution in [-0.2, 0) is 9.53 Å². The van der Waals surface area contributed by atoms with Crippen LogP contribution in [0.2, 0.25) is 0 Å². The molecule has 0 amide bonds. The van der Waals surface area contributed by atoms with E-state index in [1.165, 1.54) is 7.11 Å². The third kappa shape index (κ3) is 3.20. The highest BCUT2D eigenvalue weighted by molar-refractivity contribution is 14.1. The Kier molecular flexibility index (Phi) is 4.79. The van der Waals surface area contributed by atoms with Gasteiger partial charge in [-0.05, 0) is 47.6 Å². The molecule has 2 rings (SSSR count). The van der Waals surface area contributed by atoms with Gasteiger partial charge in [-0.15, -0.1) is 0 Å². The topological polar surface area (TPSA) is 72.7 Å². The number of hydrogen-bond donors (Lipinski definition) is 0. The molecule has 1 heterocycles. The molecular formula is C13H15IN2O4. The van der Waals surface area contributed by atoms with Crippen LogP contribution in [0.1, 0.15) is 12.8 Å².